The first-order chi connectivity index (χ1) is 7.25. The van der Waals surface area contributed by atoms with E-state index in [0.29, 0.717) is 11.0 Å². The summed E-state index contributed by atoms with van der Waals surface area (Å²) in [4.78, 5) is 8.00. The molecule has 15 heavy (non-hydrogen) atoms. The van der Waals surface area contributed by atoms with Gasteiger partial charge < -0.3 is 5.32 Å². The van der Waals surface area contributed by atoms with E-state index in [2.05, 4.69) is 24.9 Å². The highest BCUT2D eigenvalue weighted by molar-refractivity contribution is 7.03. The summed E-state index contributed by atoms with van der Waals surface area (Å²) in [6.45, 7) is 1.98. The van der Waals surface area contributed by atoms with Gasteiger partial charge in [-0.1, -0.05) is 16.1 Å². The van der Waals surface area contributed by atoms with Gasteiger partial charge in [-0.3, -0.25) is 0 Å². The standard InChI is InChI=1S/C8H8ClN5S/c1-5(6-4-15-14-13-6)12-8-3-10-7(9)2-11-8/h2-5H,1H3,(H,11,12). The van der Waals surface area contributed by atoms with E-state index in [9.17, 15) is 0 Å². The number of hydrogen-bond donors (Lipinski definition) is 1. The second-order valence-corrected chi connectivity index (χ2v) is 3.92. The largest absolute Gasteiger partial charge is 0.361 e. The molecule has 0 amide bonds. The molecule has 0 fully saturated rings. The van der Waals surface area contributed by atoms with Crippen molar-refractivity contribution in [2.45, 2.75) is 13.0 Å². The minimum Gasteiger partial charge on any atom is -0.361 e. The van der Waals surface area contributed by atoms with Gasteiger partial charge in [0, 0.05) is 5.38 Å². The second kappa shape index (κ2) is 4.50. The molecule has 78 valence electrons. The minimum atomic E-state index is 0.0548. The van der Waals surface area contributed by atoms with Crippen LogP contribution in [0.3, 0.4) is 0 Å². The van der Waals surface area contributed by atoms with Crippen LogP contribution in [-0.4, -0.2) is 19.6 Å². The van der Waals surface area contributed by atoms with Crippen molar-refractivity contribution in [1.29, 1.82) is 0 Å². The van der Waals surface area contributed by atoms with E-state index in [0.717, 1.165) is 5.69 Å². The molecule has 2 aromatic heterocycles. The van der Waals surface area contributed by atoms with Crippen LogP contribution in [0.15, 0.2) is 17.8 Å². The lowest BCUT2D eigenvalue weighted by Crippen LogP contribution is -2.08. The van der Waals surface area contributed by atoms with Crippen LogP contribution in [0.1, 0.15) is 18.7 Å². The summed E-state index contributed by atoms with van der Waals surface area (Å²) in [7, 11) is 0. The first-order valence-corrected chi connectivity index (χ1v) is 5.48. The van der Waals surface area contributed by atoms with E-state index < -0.39 is 0 Å². The summed E-state index contributed by atoms with van der Waals surface area (Å²) >= 11 is 6.95. The molecule has 0 bridgehead atoms. The molecule has 0 spiro atoms. The van der Waals surface area contributed by atoms with Crippen LogP contribution in [0.5, 0.6) is 0 Å². The van der Waals surface area contributed by atoms with Crippen molar-refractivity contribution in [2.24, 2.45) is 0 Å². The van der Waals surface area contributed by atoms with Crippen LogP contribution in [0.2, 0.25) is 5.15 Å². The first-order valence-electron chi connectivity index (χ1n) is 4.27. The molecule has 2 rings (SSSR count). The quantitative estimate of drug-likeness (QED) is 0.892. The molecular weight excluding hydrogens is 234 g/mol. The monoisotopic (exact) mass is 241 g/mol. The van der Waals surface area contributed by atoms with Gasteiger partial charge in [-0.15, -0.1) is 5.10 Å². The molecule has 1 atom stereocenters. The highest BCUT2D eigenvalue weighted by atomic mass is 35.5. The van der Waals surface area contributed by atoms with Gasteiger partial charge in [-0.2, -0.15) is 0 Å². The molecule has 2 heterocycles. The Balaban J connectivity index is 2.06. The molecule has 0 radical (unpaired) electrons. The van der Waals surface area contributed by atoms with Crippen LogP contribution >= 0.6 is 23.1 Å². The average Bonchev–Trinajstić information content (AvgIpc) is 2.74. The van der Waals surface area contributed by atoms with Gasteiger partial charge in [0.15, 0.2) is 0 Å². The van der Waals surface area contributed by atoms with Crippen molar-refractivity contribution >= 4 is 29.0 Å². The molecule has 0 aliphatic heterocycles. The van der Waals surface area contributed by atoms with Gasteiger partial charge in [0.1, 0.15) is 11.0 Å². The topological polar surface area (TPSA) is 63.6 Å². The van der Waals surface area contributed by atoms with Crippen LogP contribution in [0.4, 0.5) is 5.82 Å². The molecule has 2 aromatic rings. The fraction of sp³-hybridized carbons (Fsp3) is 0.250. The van der Waals surface area contributed by atoms with Crippen LogP contribution in [0, 0.1) is 0 Å². The summed E-state index contributed by atoms with van der Waals surface area (Å²) in [6, 6.07) is 0.0548. The number of aromatic nitrogens is 4. The Morgan fingerprint density at radius 1 is 1.40 bits per heavy atom. The smallest absolute Gasteiger partial charge is 0.147 e. The summed E-state index contributed by atoms with van der Waals surface area (Å²) in [5, 5.41) is 9.37. The fourth-order valence-corrected chi connectivity index (χ4v) is 1.69. The summed E-state index contributed by atoms with van der Waals surface area (Å²) < 4.78 is 3.79. The zero-order valence-electron chi connectivity index (χ0n) is 7.88. The molecule has 1 unspecified atom stereocenters. The van der Waals surface area contributed by atoms with E-state index in [1.54, 1.807) is 6.20 Å². The number of halogens is 1. The molecule has 0 saturated heterocycles. The Kier molecular flexibility index (Phi) is 3.08. The number of nitrogens with one attached hydrogen (secondary N) is 1. The lowest BCUT2D eigenvalue weighted by molar-refractivity contribution is 0.819. The molecular formula is C8H8ClN5S. The van der Waals surface area contributed by atoms with Gasteiger partial charge in [0.25, 0.3) is 0 Å². The molecule has 0 aliphatic rings. The summed E-state index contributed by atoms with van der Waals surface area (Å²) in [6.07, 6.45) is 3.08. The summed E-state index contributed by atoms with van der Waals surface area (Å²) in [5.41, 5.74) is 0.886. The highest BCUT2D eigenvalue weighted by Gasteiger charge is 2.08. The van der Waals surface area contributed by atoms with Crippen molar-refractivity contribution in [3.8, 4) is 0 Å². The number of rotatable bonds is 3. The predicted octanol–water partition coefficient (Wildman–Crippen LogP) is 2.15. The fourth-order valence-electron chi connectivity index (χ4n) is 1.04. The predicted molar refractivity (Wildman–Crippen MR) is 59.0 cm³/mol. The normalized spacial score (nSPS) is 12.4. The van der Waals surface area contributed by atoms with Crippen LogP contribution in [-0.2, 0) is 0 Å². The zero-order chi connectivity index (χ0) is 10.7. The molecule has 0 aromatic carbocycles. The molecule has 0 saturated carbocycles. The molecule has 5 nitrogen and oxygen atoms in total. The van der Waals surface area contributed by atoms with Crippen molar-refractivity contribution < 1.29 is 0 Å². The van der Waals surface area contributed by atoms with Gasteiger partial charge in [-0.05, 0) is 18.5 Å². The lowest BCUT2D eigenvalue weighted by Gasteiger charge is -2.10. The molecule has 7 heteroatoms. The van der Waals surface area contributed by atoms with E-state index in [1.807, 2.05) is 12.3 Å². The zero-order valence-corrected chi connectivity index (χ0v) is 9.46. The van der Waals surface area contributed by atoms with Crippen molar-refractivity contribution in [2.75, 3.05) is 5.32 Å². The van der Waals surface area contributed by atoms with Crippen LogP contribution in [0.25, 0.3) is 0 Å². The maximum Gasteiger partial charge on any atom is 0.147 e. The maximum absolute atomic E-state index is 5.63. The number of nitrogens with zero attached hydrogens (tertiary/aromatic N) is 4. The van der Waals surface area contributed by atoms with E-state index in [1.165, 1.54) is 17.7 Å². The number of hydrogen-bond acceptors (Lipinski definition) is 6. The third kappa shape index (κ3) is 2.60. The Hall–Kier alpha value is -1.27. The van der Waals surface area contributed by atoms with E-state index in [4.69, 9.17) is 11.6 Å². The lowest BCUT2D eigenvalue weighted by atomic mass is 10.3. The van der Waals surface area contributed by atoms with E-state index >= 15 is 0 Å². The maximum atomic E-state index is 5.63. The van der Waals surface area contributed by atoms with Gasteiger partial charge in [0.2, 0.25) is 0 Å². The third-order valence-corrected chi connectivity index (χ3v) is 2.52. The van der Waals surface area contributed by atoms with Gasteiger partial charge >= 0.3 is 0 Å². The van der Waals surface area contributed by atoms with Crippen molar-refractivity contribution in [3.63, 3.8) is 0 Å². The SMILES string of the molecule is CC(Nc1cnc(Cl)cn1)c1csnn1. The van der Waals surface area contributed by atoms with Gasteiger partial charge in [-0.25, -0.2) is 9.97 Å². The Labute approximate surface area is 95.7 Å². The molecule has 1 N–H and O–H groups in total. The minimum absolute atomic E-state index is 0.0548. The van der Waals surface area contributed by atoms with Crippen LogP contribution < -0.4 is 5.32 Å². The Morgan fingerprint density at radius 3 is 2.87 bits per heavy atom. The van der Waals surface area contributed by atoms with Gasteiger partial charge in [0.05, 0.1) is 24.1 Å². The van der Waals surface area contributed by atoms with E-state index in [-0.39, 0.29) is 6.04 Å². The average molecular weight is 242 g/mol. The third-order valence-electron chi connectivity index (χ3n) is 1.81. The highest BCUT2D eigenvalue weighted by Crippen LogP contribution is 2.16. The molecule has 0 aliphatic carbocycles. The Morgan fingerprint density at radius 2 is 2.27 bits per heavy atom. The summed E-state index contributed by atoms with van der Waals surface area (Å²) in [5.74, 6) is 0.667. The second-order valence-electron chi connectivity index (χ2n) is 2.92. The van der Waals surface area contributed by atoms with Crippen molar-refractivity contribution in [1.82, 2.24) is 19.6 Å². The first kappa shape index (κ1) is 10.3. The van der Waals surface area contributed by atoms with Crippen molar-refractivity contribution in [3.05, 3.63) is 28.6 Å². The Bertz CT molecular complexity index is 415. The number of anilines is 1.